The molecule has 1 aliphatic heterocycles. The highest BCUT2D eigenvalue weighted by molar-refractivity contribution is 5.81. The number of nitrogens with zero attached hydrogens (tertiary/aromatic N) is 1. The Kier molecular flexibility index (Phi) is 3.49. The zero-order valence-electron chi connectivity index (χ0n) is 9.05. The number of hydrogen-bond acceptors (Lipinski definition) is 3. The Hall–Kier alpha value is -0.820. The molecule has 1 saturated heterocycles. The van der Waals surface area contributed by atoms with Crippen molar-refractivity contribution in [1.29, 1.82) is 0 Å². The summed E-state index contributed by atoms with van der Waals surface area (Å²) in [5.41, 5.74) is 9.42. The van der Waals surface area contributed by atoms with Crippen molar-refractivity contribution in [2.45, 2.75) is 25.6 Å². The van der Waals surface area contributed by atoms with E-state index in [0.717, 1.165) is 0 Å². The maximum absolute atomic E-state index is 12.6. The standard InChI is InChI=1S/C9H16F3N3O/c1-8(7(14)16)2-3-15(5-8)6(4-13)9(10,11)12/h6H,2-5,13H2,1H3,(H2,14,16). The van der Waals surface area contributed by atoms with Crippen molar-refractivity contribution in [3.05, 3.63) is 0 Å². The summed E-state index contributed by atoms with van der Waals surface area (Å²) in [5, 5.41) is 0. The van der Waals surface area contributed by atoms with Crippen molar-refractivity contribution in [2.75, 3.05) is 19.6 Å². The van der Waals surface area contributed by atoms with Crippen LogP contribution in [0.5, 0.6) is 0 Å². The molecule has 4 nitrogen and oxygen atoms in total. The maximum atomic E-state index is 12.6. The molecule has 94 valence electrons. The molecule has 16 heavy (non-hydrogen) atoms. The van der Waals surface area contributed by atoms with Gasteiger partial charge in [-0.1, -0.05) is 0 Å². The summed E-state index contributed by atoms with van der Waals surface area (Å²) in [4.78, 5) is 12.3. The average Bonchev–Trinajstić information content (AvgIpc) is 2.48. The molecule has 7 heteroatoms. The lowest BCUT2D eigenvalue weighted by Crippen LogP contribution is -2.50. The van der Waals surface area contributed by atoms with Crippen LogP contribution < -0.4 is 11.5 Å². The van der Waals surface area contributed by atoms with Crippen molar-refractivity contribution in [2.24, 2.45) is 16.9 Å². The molecule has 0 radical (unpaired) electrons. The maximum Gasteiger partial charge on any atom is 0.405 e. The van der Waals surface area contributed by atoms with Crippen molar-refractivity contribution in [1.82, 2.24) is 4.90 Å². The van der Waals surface area contributed by atoms with Gasteiger partial charge in [-0.3, -0.25) is 9.69 Å². The Bertz CT molecular complexity index is 282. The number of primary amides is 1. The highest BCUT2D eigenvalue weighted by atomic mass is 19.4. The summed E-state index contributed by atoms with van der Waals surface area (Å²) >= 11 is 0. The molecule has 0 aromatic heterocycles. The minimum absolute atomic E-state index is 0.0176. The van der Waals surface area contributed by atoms with Gasteiger partial charge in [-0.15, -0.1) is 0 Å². The van der Waals surface area contributed by atoms with E-state index in [1.807, 2.05) is 0 Å². The molecule has 1 aliphatic rings. The highest BCUT2D eigenvalue weighted by Gasteiger charge is 2.48. The fourth-order valence-corrected chi connectivity index (χ4v) is 1.95. The summed E-state index contributed by atoms with van der Waals surface area (Å²) in [6.07, 6.45) is -4.02. The van der Waals surface area contributed by atoms with E-state index in [-0.39, 0.29) is 13.1 Å². The van der Waals surface area contributed by atoms with Gasteiger partial charge in [0.05, 0.1) is 5.41 Å². The molecule has 0 aromatic rings. The molecule has 0 spiro atoms. The Morgan fingerprint density at radius 2 is 2.12 bits per heavy atom. The summed E-state index contributed by atoms with van der Waals surface area (Å²) < 4.78 is 37.8. The molecule has 4 N–H and O–H groups in total. The fraction of sp³-hybridized carbons (Fsp3) is 0.889. The molecular formula is C9H16F3N3O. The lowest BCUT2D eigenvalue weighted by Gasteiger charge is -2.29. The second kappa shape index (κ2) is 4.21. The number of carbonyl (C=O) groups is 1. The normalized spacial score (nSPS) is 29.3. The van der Waals surface area contributed by atoms with E-state index < -0.39 is 30.1 Å². The van der Waals surface area contributed by atoms with E-state index in [2.05, 4.69) is 0 Å². The molecule has 2 atom stereocenters. The first-order valence-corrected chi connectivity index (χ1v) is 5.01. The highest BCUT2D eigenvalue weighted by Crippen LogP contribution is 2.34. The van der Waals surface area contributed by atoms with Gasteiger partial charge >= 0.3 is 6.18 Å². The van der Waals surface area contributed by atoms with Crippen molar-refractivity contribution in [3.63, 3.8) is 0 Å². The lowest BCUT2D eigenvalue weighted by atomic mass is 9.89. The third-order valence-electron chi connectivity index (χ3n) is 3.14. The number of carbonyl (C=O) groups excluding carboxylic acids is 1. The molecule has 0 saturated carbocycles. The zero-order valence-corrected chi connectivity index (χ0v) is 9.05. The number of likely N-dealkylation sites (tertiary alicyclic amines) is 1. The van der Waals surface area contributed by atoms with Crippen molar-refractivity contribution in [3.8, 4) is 0 Å². The summed E-state index contributed by atoms with van der Waals surface area (Å²) in [7, 11) is 0. The first-order chi connectivity index (χ1) is 7.20. The number of nitrogens with two attached hydrogens (primary N) is 2. The third-order valence-corrected chi connectivity index (χ3v) is 3.14. The van der Waals surface area contributed by atoms with Gasteiger partial charge in [0.15, 0.2) is 0 Å². The Morgan fingerprint density at radius 3 is 2.44 bits per heavy atom. The van der Waals surface area contributed by atoms with Gasteiger partial charge in [0, 0.05) is 13.1 Å². The molecule has 1 heterocycles. The van der Waals surface area contributed by atoms with E-state index in [0.29, 0.717) is 6.42 Å². The van der Waals surface area contributed by atoms with E-state index in [1.54, 1.807) is 6.92 Å². The van der Waals surface area contributed by atoms with E-state index in [4.69, 9.17) is 11.5 Å². The topological polar surface area (TPSA) is 72.4 Å². The zero-order chi connectivity index (χ0) is 12.6. The van der Waals surface area contributed by atoms with Gasteiger partial charge in [-0.2, -0.15) is 13.2 Å². The van der Waals surface area contributed by atoms with Crippen molar-refractivity contribution >= 4 is 5.91 Å². The second-order valence-electron chi connectivity index (χ2n) is 4.44. The largest absolute Gasteiger partial charge is 0.405 e. The minimum atomic E-state index is -4.36. The summed E-state index contributed by atoms with van der Waals surface area (Å²) in [6, 6.07) is -1.69. The smallest absolute Gasteiger partial charge is 0.369 e. The first kappa shape index (κ1) is 13.2. The van der Waals surface area contributed by atoms with Gasteiger partial charge in [0.25, 0.3) is 0 Å². The first-order valence-electron chi connectivity index (χ1n) is 5.01. The Balaban J connectivity index is 2.75. The molecule has 1 rings (SSSR count). The van der Waals surface area contributed by atoms with Crippen LogP contribution >= 0.6 is 0 Å². The van der Waals surface area contributed by atoms with Crippen LogP contribution in [0, 0.1) is 5.41 Å². The molecule has 0 aromatic carbocycles. The predicted octanol–water partition coefficient (Wildman–Crippen LogP) is 0.0733. The lowest BCUT2D eigenvalue weighted by molar-refractivity contribution is -0.179. The van der Waals surface area contributed by atoms with E-state index in [9.17, 15) is 18.0 Å². The Labute approximate surface area is 91.8 Å². The third kappa shape index (κ3) is 2.46. The van der Waals surface area contributed by atoms with E-state index >= 15 is 0 Å². The number of hydrogen-bond donors (Lipinski definition) is 2. The summed E-state index contributed by atoms with van der Waals surface area (Å²) in [6.45, 7) is 1.29. The van der Waals surface area contributed by atoms with Gasteiger partial charge in [-0.25, -0.2) is 0 Å². The summed E-state index contributed by atoms with van der Waals surface area (Å²) in [5.74, 6) is -0.562. The van der Waals surface area contributed by atoms with Crippen LogP contribution in [-0.4, -0.2) is 42.7 Å². The molecule has 1 amide bonds. The molecule has 2 unspecified atom stereocenters. The minimum Gasteiger partial charge on any atom is -0.369 e. The van der Waals surface area contributed by atoms with Crippen LogP contribution in [0.2, 0.25) is 0 Å². The van der Waals surface area contributed by atoms with Gasteiger partial charge in [-0.05, 0) is 19.9 Å². The van der Waals surface area contributed by atoms with Crippen LogP contribution in [0.25, 0.3) is 0 Å². The Morgan fingerprint density at radius 1 is 1.56 bits per heavy atom. The van der Waals surface area contributed by atoms with Crippen LogP contribution in [0.15, 0.2) is 0 Å². The van der Waals surface area contributed by atoms with Gasteiger partial charge in [0.2, 0.25) is 5.91 Å². The van der Waals surface area contributed by atoms with E-state index in [1.165, 1.54) is 4.90 Å². The molecule has 1 fully saturated rings. The van der Waals surface area contributed by atoms with Crippen LogP contribution in [-0.2, 0) is 4.79 Å². The molecule has 0 bridgehead atoms. The fourth-order valence-electron chi connectivity index (χ4n) is 1.95. The number of amides is 1. The van der Waals surface area contributed by atoms with Gasteiger partial charge < -0.3 is 11.5 Å². The second-order valence-corrected chi connectivity index (χ2v) is 4.44. The number of rotatable bonds is 3. The number of halogens is 3. The quantitative estimate of drug-likeness (QED) is 0.732. The predicted molar refractivity (Wildman–Crippen MR) is 52.4 cm³/mol. The van der Waals surface area contributed by atoms with Crippen LogP contribution in [0.3, 0.4) is 0 Å². The molecular weight excluding hydrogens is 223 g/mol. The van der Waals surface area contributed by atoms with Crippen LogP contribution in [0.1, 0.15) is 13.3 Å². The average molecular weight is 239 g/mol. The SMILES string of the molecule is CC1(C(N)=O)CCN(C(CN)C(F)(F)F)C1. The van der Waals surface area contributed by atoms with Crippen molar-refractivity contribution < 1.29 is 18.0 Å². The number of alkyl halides is 3. The molecule has 0 aliphatic carbocycles. The van der Waals surface area contributed by atoms with Crippen LogP contribution in [0.4, 0.5) is 13.2 Å². The monoisotopic (exact) mass is 239 g/mol. The van der Waals surface area contributed by atoms with Gasteiger partial charge in [0.1, 0.15) is 6.04 Å².